The fraction of sp³-hybridized carbons (Fsp3) is 0.200. The van der Waals surface area contributed by atoms with E-state index in [9.17, 15) is 4.39 Å². The first-order valence-electron chi connectivity index (χ1n) is 6.13. The van der Waals surface area contributed by atoms with Gasteiger partial charge in [-0.1, -0.05) is 18.2 Å². The van der Waals surface area contributed by atoms with Gasteiger partial charge in [-0.25, -0.2) is 9.37 Å². The molecular formula is C15H14FN3. The van der Waals surface area contributed by atoms with Crippen molar-refractivity contribution < 1.29 is 4.39 Å². The largest absolute Gasteiger partial charge is 0.370 e. The third kappa shape index (κ3) is 4.07. The lowest BCUT2D eigenvalue weighted by atomic mass is 10.1. The Labute approximate surface area is 111 Å². The lowest BCUT2D eigenvalue weighted by Gasteiger charge is -2.05. The second-order valence-electron chi connectivity index (χ2n) is 4.18. The predicted molar refractivity (Wildman–Crippen MR) is 72.2 cm³/mol. The molecule has 0 spiro atoms. The first kappa shape index (κ1) is 13.0. The van der Waals surface area contributed by atoms with Crippen LogP contribution in [0.15, 0.2) is 42.5 Å². The van der Waals surface area contributed by atoms with E-state index in [2.05, 4.69) is 10.3 Å². The van der Waals surface area contributed by atoms with Crippen LogP contribution in [0.5, 0.6) is 0 Å². The average Bonchev–Trinajstić information content (AvgIpc) is 2.44. The summed E-state index contributed by atoms with van der Waals surface area (Å²) in [5.74, 6) is 0.493. The Balaban J connectivity index is 1.79. The molecule has 0 radical (unpaired) electrons. The van der Waals surface area contributed by atoms with Crippen molar-refractivity contribution in [3.05, 3.63) is 59.5 Å². The highest BCUT2D eigenvalue weighted by Gasteiger charge is 1.98. The summed E-state index contributed by atoms with van der Waals surface area (Å²) in [6.45, 7) is 0.735. The van der Waals surface area contributed by atoms with Crippen LogP contribution in [-0.4, -0.2) is 11.5 Å². The zero-order valence-corrected chi connectivity index (χ0v) is 10.4. The molecule has 96 valence electrons. The summed E-state index contributed by atoms with van der Waals surface area (Å²) in [5, 5.41) is 11.9. The Kier molecular flexibility index (Phi) is 4.46. The van der Waals surface area contributed by atoms with Crippen molar-refractivity contribution >= 4 is 5.82 Å². The normalized spacial score (nSPS) is 9.89. The lowest BCUT2D eigenvalue weighted by Crippen LogP contribution is -2.05. The maximum Gasteiger partial charge on any atom is 0.142 e. The van der Waals surface area contributed by atoms with Crippen molar-refractivity contribution in [2.24, 2.45) is 0 Å². The molecule has 2 aromatic rings. The fourth-order valence-corrected chi connectivity index (χ4v) is 1.80. The van der Waals surface area contributed by atoms with E-state index in [-0.39, 0.29) is 5.82 Å². The number of rotatable bonds is 5. The molecule has 4 heteroatoms. The molecule has 0 aliphatic rings. The molecule has 1 aromatic heterocycles. The minimum atomic E-state index is -0.200. The van der Waals surface area contributed by atoms with Crippen LogP contribution in [0, 0.1) is 17.1 Å². The molecule has 0 unspecified atom stereocenters. The van der Waals surface area contributed by atoms with Gasteiger partial charge in [0.05, 0.1) is 0 Å². The third-order valence-electron chi connectivity index (χ3n) is 2.70. The molecule has 0 amide bonds. The highest BCUT2D eigenvalue weighted by Crippen LogP contribution is 2.07. The minimum absolute atomic E-state index is 0.200. The van der Waals surface area contributed by atoms with Gasteiger partial charge in [0.15, 0.2) is 0 Å². The maximum absolute atomic E-state index is 13.0. The lowest BCUT2D eigenvalue weighted by molar-refractivity contribution is 0.624. The topological polar surface area (TPSA) is 48.7 Å². The van der Waals surface area contributed by atoms with Crippen molar-refractivity contribution in [3.8, 4) is 6.07 Å². The number of nitriles is 1. The first-order valence-corrected chi connectivity index (χ1v) is 6.13. The molecule has 1 N–H and O–H groups in total. The van der Waals surface area contributed by atoms with Gasteiger partial charge < -0.3 is 5.32 Å². The van der Waals surface area contributed by atoms with Crippen LogP contribution in [-0.2, 0) is 6.42 Å². The fourth-order valence-electron chi connectivity index (χ4n) is 1.80. The van der Waals surface area contributed by atoms with Crippen LogP contribution in [0.2, 0.25) is 0 Å². The van der Waals surface area contributed by atoms with Crippen LogP contribution < -0.4 is 5.32 Å². The summed E-state index contributed by atoms with van der Waals surface area (Å²) < 4.78 is 13.0. The first-order chi connectivity index (χ1) is 9.28. The summed E-state index contributed by atoms with van der Waals surface area (Å²) in [4.78, 5) is 4.12. The van der Waals surface area contributed by atoms with Gasteiger partial charge in [0.25, 0.3) is 0 Å². The Morgan fingerprint density at radius 3 is 2.84 bits per heavy atom. The Bertz CT molecular complexity index is 590. The second kappa shape index (κ2) is 6.50. The molecule has 1 heterocycles. The number of hydrogen-bond acceptors (Lipinski definition) is 3. The zero-order chi connectivity index (χ0) is 13.5. The number of halogens is 1. The predicted octanol–water partition coefficient (Wildman–Crippen LogP) is 3.14. The summed E-state index contributed by atoms with van der Waals surface area (Å²) in [5.41, 5.74) is 1.38. The van der Waals surface area contributed by atoms with Crippen LogP contribution in [0.1, 0.15) is 17.7 Å². The SMILES string of the molecule is N#Cc1cccc(NCCCc2cccc(F)c2)n1. The molecule has 2 rings (SSSR count). The van der Waals surface area contributed by atoms with E-state index in [1.54, 1.807) is 24.3 Å². The van der Waals surface area contributed by atoms with Gasteiger partial charge in [-0.3, -0.25) is 0 Å². The van der Waals surface area contributed by atoms with Gasteiger partial charge in [-0.2, -0.15) is 5.26 Å². The van der Waals surface area contributed by atoms with E-state index in [0.717, 1.165) is 24.9 Å². The number of pyridine rings is 1. The summed E-state index contributed by atoms with van der Waals surface area (Å²) in [6, 6.07) is 13.9. The van der Waals surface area contributed by atoms with Crippen LogP contribution >= 0.6 is 0 Å². The van der Waals surface area contributed by atoms with Gasteiger partial charge in [-0.05, 0) is 42.7 Å². The molecule has 0 saturated carbocycles. The van der Waals surface area contributed by atoms with E-state index >= 15 is 0 Å². The molecule has 0 fully saturated rings. The van der Waals surface area contributed by atoms with Crippen LogP contribution in [0.3, 0.4) is 0 Å². The monoisotopic (exact) mass is 255 g/mol. The zero-order valence-electron chi connectivity index (χ0n) is 10.4. The Hall–Kier alpha value is -2.41. The average molecular weight is 255 g/mol. The van der Waals surface area contributed by atoms with Crippen molar-refractivity contribution in [1.82, 2.24) is 4.98 Å². The maximum atomic E-state index is 13.0. The Morgan fingerprint density at radius 1 is 1.21 bits per heavy atom. The number of nitrogens with zero attached hydrogens (tertiary/aromatic N) is 2. The van der Waals surface area contributed by atoms with Gasteiger partial charge in [-0.15, -0.1) is 0 Å². The number of benzene rings is 1. The highest BCUT2D eigenvalue weighted by atomic mass is 19.1. The minimum Gasteiger partial charge on any atom is -0.370 e. The van der Waals surface area contributed by atoms with Crippen molar-refractivity contribution in [3.63, 3.8) is 0 Å². The summed E-state index contributed by atoms with van der Waals surface area (Å²) >= 11 is 0. The van der Waals surface area contributed by atoms with Gasteiger partial charge in [0.1, 0.15) is 23.4 Å². The number of anilines is 1. The van der Waals surface area contributed by atoms with E-state index in [1.165, 1.54) is 6.07 Å². The van der Waals surface area contributed by atoms with E-state index in [1.807, 2.05) is 18.2 Å². The smallest absolute Gasteiger partial charge is 0.142 e. The van der Waals surface area contributed by atoms with Crippen LogP contribution in [0.4, 0.5) is 10.2 Å². The second-order valence-corrected chi connectivity index (χ2v) is 4.18. The number of hydrogen-bond donors (Lipinski definition) is 1. The van der Waals surface area contributed by atoms with Crippen molar-refractivity contribution in [2.45, 2.75) is 12.8 Å². The molecule has 0 atom stereocenters. The molecule has 3 nitrogen and oxygen atoms in total. The van der Waals surface area contributed by atoms with Crippen molar-refractivity contribution in [2.75, 3.05) is 11.9 Å². The summed E-state index contributed by atoms with van der Waals surface area (Å²) in [6.07, 6.45) is 1.69. The summed E-state index contributed by atoms with van der Waals surface area (Å²) in [7, 11) is 0. The Morgan fingerprint density at radius 2 is 2.05 bits per heavy atom. The molecule has 0 saturated heterocycles. The number of aromatic nitrogens is 1. The molecular weight excluding hydrogens is 241 g/mol. The molecule has 1 aromatic carbocycles. The van der Waals surface area contributed by atoms with Gasteiger partial charge in [0, 0.05) is 6.54 Å². The molecule has 0 bridgehead atoms. The number of nitrogens with one attached hydrogen (secondary N) is 1. The van der Waals surface area contributed by atoms with E-state index in [0.29, 0.717) is 11.5 Å². The molecule has 0 aliphatic carbocycles. The number of aryl methyl sites for hydroxylation is 1. The van der Waals surface area contributed by atoms with Crippen LogP contribution in [0.25, 0.3) is 0 Å². The highest BCUT2D eigenvalue weighted by molar-refractivity contribution is 5.38. The van der Waals surface area contributed by atoms with E-state index in [4.69, 9.17) is 5.26 Å². The molecule has 19 heavy (non-hydrogen) atoms. The van der Waals surface area contributed by atoms with Gasteiger partial charge >= 0.3 is 0 Å². The van der Waals surface area contributed by atoms with E-state index < -0.39 is 0 Å². The molecule has 0 aliphatic heterocycles. The standard InChI is InChI=1S/C15H14FN3/c16-13-6-1-4-12(10-13)5-3-9-18-15-8-2-7-14(11-17)19-15/h1-2,4,6-8,10H,3,5,9H2,(H,18,19). The van der Waals surface area contributed by atoms with Gasteiger partial charge in [0.2, 0.25) is 0 Å². The van der Waals surface area contributed by atoms with Crippen molar-refractivity contribution in [1.29, 1.82) is 5.26 Å². The third-order valence-corrected chi connectivity index (χ3v) is 2.70. The quantitative estimate of drug-likeness (QED) is 0.835.